The Kier molecular flexibility index (Phi) is 3.72. The molecule has 0 radical (unpaired) electrons. The molecule has 5 nitrogen and oxygen atoms in total. The van der Waals surface area contributed by atoms with Crippen LogP contribution >= 0.6 is 0 Å². The molecule has 0 aromatic carbocycles. The van der Waals surface area contributed by atoms with E-state index in [1.165, 1.54) is 0 Å². The molecule has 0 amide bonds. The number of anilines is 1. The zero-order valence-electron chi connectivity index (χ0n) is 9.85. The van der Waals surface area contributed by atoms with E-state index in [0.717, 1.165) is 23.6 Å². The Balaban J connectivity index is 2.03. The quantitative estimate of drug-likeness (QED) is 0.730. The van der Waals surface area contributed by atoms with Gasteiger partial charge in [-0.2, -0.15) is 0 Å². The Morgan fingerprint density at radius 2 is 2.24 bits per heavy atom. The number of nitrogens with zero attached hydrogens (tertiary/aromatic N) is 2. The summed E-state index contributed by atoms with van der Waals surface area (Å²) in [4.78, 5) is 3.09. The van der Waals surface area contributed by atoms with E-state index in [1.54, 1.807) is 0 Å². The van der Waals surface area contributed by atoms with Crippen LogP contribution in [0.2, 0.25) is 0 Å². The summed E-state index contributed by atoms with van der Waals surface area (Å²) >= 11 is 0. The highest BCUT2D eigenvalue weighted by atomic mass is 15.2. The van der Waals surface area contributed by atoms with E-state index >= 15 is 0 Å². The molecule has 1 unspecified atom stereocenters. The van der Waals surface area contributed by atoms with Crippen LogP contribution in [0.15, 0.2) is 30.5 Å². The maximum absolute atomic E-state index is 5.49. The Morgan fingerprint density at radius 1 is 1.35 bits per heavy atom. The van der Waals surface area contributed by atoms with Crippen LogP contribution in [-0.2, 0) is 0 Å². The molecule has 0 saturated heterocycles. The number of H-pyrrole nitrogens is 1. The fraction of sp³-hybridized carbons (Fsp3) is 0.333. The number of nitrogens with one attached hydrogen (secondary N) is 2. The molecule has 0 aliphatic heterocycles. The molecule has 2 aromatic heterocycles. The van der Waals surface area contributed by atoms with Crippen molar-refractivity contribution in [2.75, 3.05) is 11.9 Å². The maximum Gasteiger partial charge on any atom is 0.148 e. The minimum absolute atomic E-state index is 0.311. The minimum atomic E-state index is 0.311. The number of rotatable bonds is 5. The topological polar surface area (TPSA) is 79.6 Å². The molecule has 0 spiro atoms. The van der Waals surface area contributed by atoms with E-state index in [4.69, 9.17) is 5.73 Å². The lowest BCUT2D eigenvalue weighted by atomic mass is 10.2. The molecular formula is C12H17N5. The summed E-state index contributed by atoms with van der Waals surface area (Å²) in [5.41, 5.74) is 7.30. The fourth-order valence-electron chi connectivity index (χ4n) is 1.62. The Labute approximate surface area is 100 Å². The van der Waals surface area contributed by atoms with Gasteiger partial charge in [-0.1, -0.05) is 0 Å². The Hall–Kier alpha value is -1.88. The van der Waals surface area contributed by atoms with Gasteiger partial charge < -0.3 is 16.0 Å². The molecule has 5 heteroatoms. The molecular weight excluding hydrogens is 214 g/mol. The van der Waals surface area contributed by atoms with E-state index in [0.29, 0.717) is 12.6 Å². The summed E-state index contributed by atoms with van der Waals surface area (Å²) in [6.45, 7) is 2.75. The lowest BCUT2D eigenvalue weighted by Crippen LogP contribution is -2.20. The fourth-order valence-corrected chi connectivity index (χ4v) is 1.62. The summed E-state index contributed by atoms with van der Waals surface area (Å²) < 4.78 is 0. The molecule has 0 fully saturated rings. The van der Waals surface area contributed by atoms with Crippen LogP contribution in [0.1, 0.15) is 13.3 Å². The third-order valence-corrected chi connectivity index (χ3v) is 2.53. The van der Waals surface area contributed by atoms with Crippen molar-refractivity contribution in [2.45, 2.75) is 19.4 Å². The van der Waals surface area contributed by atoms with Crippen LogP contribution in [0.25, 0.3) is 11.4 Å². The van der Waals surface area contributed by atoms with Crippen molar-refractivity contribution in [1.82, 2.24) is 15.2 Å². The first-order valence-electron chi connectivity index (χ1n) is 5.73. The van der Waals surface area contributed by atoms with Gasteiger partial charge in [0.25, 0.3) is 0 Å². The summed E-state index contributed by atoms with van der Waals surface area (Å²) in [5.74, 6) is 0.779. The molecule has 2 rings (SSSR count). The Morgan fingerprint density at radius 3 is 2.82 bits per heavy atom. The number of aromatic nitrogens is 3. The van der Waals surface area contributed by atoms with Crippen molar-refractivity contribution < 1.29 is 0 Å². The minimum Gasteiger partial charge on any atom is -0.366 e. The average Bonchev–Trinajstić information content (AvgIpc) is 2.84. The highest BCUT2D eigenvalue weighted by molar-refractivity contribution is 5.54. The Bertz CT molecular complexity index is 434. The van der Waals surface area contributed by atoms with Gasteiger partial charge >= 0.3 is 0 Å². The molecule has 0 aliphatic carbocycles. The second-order valence-corrected chi connectivity index (χ2v) is 4.01. The normalized spacial score (nSPS) is 12.4. The van der Waals surface area contributed by atoms with Gasteiger partial charge in [-0.05, 0) is 44.2 Å². The standard InChI is InChI=1S/C12H17N5/c1-9(6-7-13)15-12-5-4-11(16-17-12)10-3-2-8-14-10/h2-5,8-9,14H,6-7,13H2,1H3,(H,15,17). The van der Waals surface area contributed by atoms with E-state index in [1.807, 2.05) is 30.5 Å². The lowest BCUT2D eigenvalue weighted by molar-refractivity contribution is 0.711. The lowest BCUT2D eigenvalue weighted by Gasteiger charge is -2.12. The van der Waals surface area contributed by atoms with Crippen molar-refractivity contribution in [3.63, 3.8) is 0 Å². The summed E-state index contributed by atoms with van der Waals surface area (Å²) in [5, 5.41) is 11.5. The predicted octanol–water partition coefficient (Wildman–Crippen LogP) is 1.62. The maximum atomic E-state index is 5.49. The van der Waals surface area contributed by atoms with Gasteiger partial charge in [0.05, 0.1) is 5.69 Å². The van der Waals surface area contributed by atoms with Crippen LogP contribution in [0.3, 0.4) is 0 Å². The molecule has 0 aliphatic rings. The highest BCUT2D eigenvalue weighted by Gasteiger charge is 2.04. The molecule has 17 heavy (non-hydrogen) atoms. The molecule has 2 aromatic rings. The highest BCUT2D eigenvalue weighted by Crippen LogP contribution is 2.14. The van der Waals surface area contributed by atoms with Crippen molar-refractivity contribution in [3.8, 4) is 11.4 Å². The van der Waals surface area contributed by atoms with E-state index in [2.05, 4.69) is 27.4 Å². The molecule has 0 bridgehead atoms. The second kappa shape index (κ2) is 5.45. The third kappa shape index (κ3) is 3.04. The van der Waals surface area contributed by atoms with Crippen molar-refractivity contribution in [2.24, 2.45) is 5.73 Å². The van der Waals surface area contributed by atoms with Crippen LogP contribution in [0, 0.1) is 0 Å². The van der Waals surface area contributed by atoms with E-state index in [-0.39, 0.29) is 0 Å². The smallest absolute Gasteiger partial charge is 0.148 e. The molecule has 0 saturated carbocycles. The van der Waals surface area contributed by atoms with E-state index in [9.17, 15) is 0 Å². The summed E-state index contributed by atoms with van der Waals surface area (Å²) in [6, 6.07) is 8.08. The van der Waals surface area contributed by atoms with E-state index < -0.39 is 0 Å². The van der Waals surface area contributed by atoms with Crippen molar-refractivity contribution in [3.05, 3.63) is 30.5 Å². The number of aromatic amines is 1. The van der Waals surface area contributed by atoms with Gasteiger partial charge in [0.1, 0.15) is 11.5 Å². The van der Waals surface area contributed by atoms with Gasteiger partial charge in [0, 0.05) is 12.2 Å². The monoisotopic (exact) mass is 231 g/mol. The van der Waals surface area contributed by atoms with Crippen molar-refractivity contribution >= 4 is 5.82 Å². The third-order valence-electron chi connectivity index (χ3n) is 2.53. The first kappa shape index (κ1) is 11.6. The summed E-state index contributed by atoms with van der Waals surface area (Å²) in [6.07, 6.45) is 2.78. The van der Waals surface area contributed by atoms with Gasteiger partial charge in [-0.25, -0.2) is 0 Å². The molecule has 1 atom stereocenters. The first-order valence-corrected chi connectivity index (χ1v) is 5.73. The zero-order valence-corrected chi connectivity index (χ0v) is 9.85. The molecule has 4 N–H and O–H groups in total. The molecule has 90 valence electrons. The largest absolute Gasteiger partial charge is 0.366 e. The summed E-state index contributed by atoms with van der Waals surface area (Å²) in [7, 11) is 0. The molecule has 2 heterocycles. The number of hydrogen-bond donors (Lipinski definition) is 3. The van der Waals surface area contributed by atoms with Gasteiger partial charge in [-0.3, -0.25) is 0 Å². The van der Waals surface area contributed by atoms with Crippen LogP contribution in [-0.4, -0.2) is 27.8 Å². The first-order chi connectivity index (χ1) is 8.29. The van der Waals surface area contributed by atoms with Crippen LogP contribution in [0.5, 0.6) is 0 Å². The number of nitrogens with two attached hydrogens (primary N) is 1. The SMILES string of the molecule is CC(CCN)Nc1ccc(-c2ccc[nH]2)nn1. The van der Waals surface area contributed by atoms with Crippen LogP contribution < -0.4 is 11.1 Å². The second-order valence-electron chi connectivity index (χ2n) is 4.01. The van der Waals surface area contributed by atoms with Crippen molar-refractivity contribution in [1.29, 1.82) is 0 Å². The predicted molar refractivity (Wildman–Crippen MR) is 68.6 cm³/mol. The number of hydrogen-bond acceptors (Lipinski definition) is 4. The van der Waals surface area contributed by atoms with Gasteiger partial charge in [0.15, 0.2) is 0 Å². The van der Waals surface area contributed by atoms with Gasteiger partial charge in [0.2, 0.25) is 0 Å². The van der Waals surface area contributed by atoms with Gasteiger partial charge in [-0.15, -0.1) is 10.2 Å². The zero-order chi connectivity index (χ0) is 12.1. The van der Waals surface area contributed by atoms with Crippen LogP contribution in [0.4, 0.5) is 5.82 Å². The average molecular weight is 231 g/mol.